The van der Waals surface area contributed by atoms with Crippen LogP contribution in [0.2, 0.25) is 0 Å². The number of allylic oxidation sites excluding steroid dienone is 1. The first-order valence-electron chi connectivity index (χ1n) is 8.05. The Balaban J connectivity index is 2.94. The largest absolute Gasteiger partial charge is 0.381 e. The predicted octanol–water partition coefficient (Wildman–Crippen LogP) is 5.89. The third-order valence-electron chi connectivity index (χ3n) is 3.40. The Hall–Kier alpha value is -0.300. The minimum absolute atomic E-state index is 0.762. The molecule has 0 spiro atoms. The van der Waals surface area contributed by atoms with E-state index in [2.05, 4.69) is 19.1 Å². The monoisotopic (exact) mass is 254 g/mol. The van der Waals surface area contributed by atoms with Gasteiger partial charge in [-0.25, -0.2) is 0 Å². The smallest absolute Gasteiger partial charge is 0.0643 e. The maximum absolute atomic E-state index is 4.96. The summed E-state index contributed by atoms with van der Waals surface area (Å²) in [4.78, 5) is 0. The van der Waals surface area contributed by atoms with Gasteiger partial charge in [-0.2, -0.15) is 0 Å². The average Bonchev–Trinajstić information content (AvgIpc) is 2.39. The van der Waals surface area contributed by atoms with Crippen LogP contribution in [-0.2, 0) is 4.74 Å². The van der Waals surface area contributed by atoms with Crippen LogP contribution in [0, 0.1) is 0 Å². The molecule has 0 aromatic heterocycles. The summed E-state index contributed by atoms with van der Waals surface area (Å²) in [6, 6.07) is 0. The summed E-state index contributed by atoms with van der Waals surface area (Å²) in [6.07, 6.45) is 21.3. The molecule has 108 valence electrons. The lowest BCUT2D eigenvalue weighted by Gasteiger charge is -2.01. The molecule has 1 heteroatoms. The molecule has 18 heavy (non-hydrogen) atoms. The Morgan fingerprint density at radius 3 is 1.67 bits per heavy atom. The highest BCUT2D eigenvalue weighted by Crippen LogP contribution is 2.11. The van der Waals surface area contributed by atoms with Gasteiger partial charge >= 0.3 is 0 Å². The third kappa shape index (κ3) is 15.7. The Kier molecular flexibility index (Phi) is 16.4. The molecule has 0 fully saturated rings. The second kappa shape index (κ2) is 16.7. The molecule has 0 N–H and O–H groups in total. The lowest BCUT2D eigenvalue weighted by atomic mass is 10.1. The molecule has 0 heterocycles. The van der Waals surface area contributed by atoms with Crippen molar-refractivity contribution in [2.45, 2.75) is 84.0 Å². The molecule has 0 radical (unpaired) electrons. The van der Waals surface area contributed by atoms with E-state index < -0.39 is 0 Å². The van der Waals surface area contributed by atoms with Gasteiger partial charge in [0.15, 0.2) is 0 Å². The summed E-state index contributed by atoms with van der Waals surface area (Å²) in [5.41, 5.74) is 0. The van der Waals surface area contributed by atoms with Crippen LogP contribution in [0.4, 0.5) is 0 Å². The van der Waals surface area contributed by atoms with Crippen LogP contribution < -0.4 is 0 Å². The molecule has 0 bridgehead atoms. The van der Waals surface area contributed by atoms with E-state index in [1.165, 1.54) is 77.0 Å². The Morgan fingerprint density at radius 1 is 0.667 bits per heavy atom. The Labute approximate surface area is 115 Å². The summed E-state index contributed by atoms with van der Waals surface area (Å²) in [5.74, 6) is 0. The molecule has 0 atom stereocenters. The van der Waals surface area contributed by atoms with Crippen LogP contribution in [0.1, 0.15) is 84.0 Å². The van der Waals surface area contributed by atoms with Crippen molar-refractivity contribution < 1.29 is 4.74 Å². The van der Waals surface area contributed by atoms with Crippen LogP contribution in [0.3, 0.4) is 0 Å². The fourth-order valence-electron chi connectivity index (χ4n) is 2.21. The van der Waals surface area contributed by atoms with Crippen molar-refractivity contribution in [1.29, 1.82) is 0 Å². The standard InChI is InChI=1S/C17H34O/c1-3-4-5-6-7-8-9-10-11-12-13-14-15-16-17-18-2/h15-16H,3-14,17H2,1-2H3/b16-15+. The molecule has 0 saturated carbocycles. The molecule has 0 rings (SSSR count). The fourth-order valence-corrected chi connectivity index (χ4v) is 2.21. The van der Waals surface area contributed by atoms with Gasteiger partial charge in [-0.3, -0.25) is 0 Å². The van der Waals surface area contributed by atoms with E-state index in [4.69, 9.17) is 4.74 Å². The van der Waals surface area contributed by atoms with Crippen LogP contribution in [0.5, 0.6) is 0 Å². The van der Waals surface area contributed by atoms with Crippen molar-refractivity contribution >= 4 is 0 Å². The van der Waals surface area contributed by atoms with E-state index in [1.807, 2.05) is 0 Å². The lowest BCUT2D eigenvalue weighted by Crippen LogP contribution is -1.82. The zero-order valence-corrected chi connectivity index (χ0v) is 12.8. The van der Waals surface area contributed by atoms with Crippen molar-refractivity contribution in [1.82, 2.24) is 0 Å². The average molecular weight is 254 g/mol. The lowest BCUT2D eigenvalue weighted by molar-refractivity contribution is 0.233. The minimum atomic E-state index is 0.762. The van der Waals surface area contributed by atoms with E-state index in [1.54, 1.807) is 7.11 Å². The van der Waals surface area contributed by atoms with E-state index in [0.29, 0.717) is 0 Å². The Morgan fingerprint density at radius 2 is 1.17 bits per heavy atom. The van der Waals surface area contributed by atoms with Crippen molar-refractivity contribution in [2.75, 3.05) is 13.7 Å². The number of hydrogen-bond acceptors (Lipinski definition) is 1. The number of ether oxygens (including phenoxy) is 1. The summed E-state index contributed by atoms with van der Waals surface area (Å²) < 4.78 is 4.96. The van der Waals surface area contributed by atoms with Gasteiger partial charge < -0.3 is 4.74 Å². The van der Waals surface area contributed by atoms with Gasteiger partial charge in [0.2, 0.25) is 0 Å². The quantitative estimate of drug-likeness (QED) is 0.277. The van der Waals surface area contributed by atoms with Gasteiger partial charge in [0, 0.05) is 7.11 Å². The van der Waals surface area contributed by atoms with Gasteiger partial charge in [0.05, 0.1) is 6.61 Å². The summed E-state index contributed by atoms with van der Waals surface area (Å²) in [7, 11) is 1.74. The van der Waals surface area contributed by atoms with E-state index in [0.717, 1.165) is 6.61 Å². The van der Waals surface area contributed by atoms with Gasteiger partial charge in [-0.1, -0.05) is 83.3 Å². The molecule has 0 aromatic rings. The summed E-state index contributed by atoms with van der Waals surface area (Å²) in [5, 5.41) is 0. The normalized spacial score (nSPS) is 11.4. The highest BCUT2D eigenvalue weighted by atomic mass is 16.5. The van der Waals surface area contributed by atoms with Gasteiger partial charge in [-0.15, -0.1) is 0 Å². The maximum Gasteiger partial charge on any atom is 0.0643 e. The van der Waals surface area contributed by atoms with E-state index in [9.17, 15) is 0 Å². The third-order valence-corrected chi connectivity index (χ3v) is 3.40. The topological polar surface area (TPSA) is 9.23 Å². The molecule has 0 aliphatic heterocycles. The van der Waals surface area contributed by atoms with Crippen molar-refractivity contribution in [3.8, 4) is 0 Å². The first-order valence-corrected chi connectivity index (χ1v) is 8.05. The highest BCUT2D eigenvalue weighted by molar-refractivity contribution is 4.80. The minimum Gasteiger partial charge on any atom is -0.381 e. The maximum atomic E-state index is 4.96. The second-order valence-electron chi connectivity index (χ2n) is 5.25. The molecule has 0 unspecified atom stereocenters. The molecule has 1 nitrogen and oxygen atoms in total. The zero-order chi connectivity index (χ0) is 13.3. The predicted molar refractivity (Wildman–Crippen MR) is 82.1 cm³/mol. The first kappa shape index (κ1) is 17.7. The van der Waals surface area contributed by atoms with Crippen molar-refractivity contribution in [3.05, 3.63) is 12.2 Å². The van der Waals surface area contributed by atoms with Crippen LogP contribution in [-0.4, -0.2) is 13.7 Å². The van der Waals surface area contributed by atoms with Crippen LogP contribution in [0.25, 0.3) is 0 Å². The zero-order valence-electron chi connectivity index (χ0n) is 12.8. The molecule has 0 amide bonds. The van der Waals surface area contributed by atoms with Crippen LogP contribution in [0.15, 0.2) is 12.2 Å². The van der Waals surface area contributed by atoms with Gasteiger partial charge in [0.1, 0.15) is 0 Å². The molecular weight excluding hydrogens is 220 g/mol. The van der Waals surface area contributed by atoms with Gasteiger partial charge in [-0.05, 0) is 12.8 Å². The molecule has 0 aliphatic rings. The summed E-state index contributed by atoms with van der Waals surface area (Å²) in [6.45, 7) is 3.04. The molecule has 0 saturated heterocycles. The SMILES string of the molecule is CCCCCCCCCCCCC/C=C/COC. The second-order valence-corrected chi connectivity index (χ2v) is 5.25. The van der Waals surface area contributed by atoms with E-state index in [-0.39, 0.29) is 0 Å². The molecular formula is C17H34O. The summed E-state index contributed by atoms with van der Waals surface area (Å²) >= 11 is 0. The molecule has 0 aliphatic carbocycles. The van der Waals surface area contributed by atoms with Crippen molar-refractivity contribution in [2.24, 2.45) is 0 Å². The number of rotatable bonds is 14. The van der Waals surface area contributed by atoms with Gasteiger partial charge in [0.25, 0.3) is 0 Å². The van der Waals surface area contributed by atoms with Crippen LogP contribution >= 0.6 is 0 Å². The number of unbranched alkanes of at least 4 members (excludes halogenated alkanes) is 11. The van der Waals surface area contributed by atoms with Crippen molar-refractivity contribution in [3.63, 3.8) is 0 Å². The molecule has 0 aromatic carbocycles. The number of hydrogen-bond donors (Lipinski definition) is 0. The van der Waals surface area contributed by atoms with E-state index >= 15 is 0 Å². The first-order chi connectivity index (χ1) is 8.91. The highest BCUT2D eigenvalue weighted by Gasteiger charge is 1.92. The Bertz CT molecular complexity index is 163. The number of methoxy groups -OCH3 is 1. The fraction of sp³-hybridized carbons (Fsp3) is 0.882.